The fraction of sp³-hybridized carbons (Fsp3) is 0.462. The maximum absolute atomic E-state index is 5.25. The molecule has 5 heteroatoms. The molecule has 0 saturated carbocycles. The zero-order chi connectivity index (χ0) is 13.2. The summed E-state index contributed by atoms with van der Waals surface area (Å²) in [6, 6.07) is 8.16. The summed E-state index contributed by atoms with van der Waals surface area (Å²) < 4.78 is 6.33. The number of halogens is 1. The first-order valence-corrected chi connectivity index (χ1v) is 7.26. The molecular formula is C13H19BrN2OS. The number of hydrogen-bond donors (Lipinski definition) is 2. The molecule has 3 nitrogen and oxygen atoms in total. The van der Waals surface area contributed by atoms with E-state index in [0.29, 0.717) is 5.11 Å². The zero-order valence-corrected chi connectivity index (χ0v) is 12.9. The van der Waals surface area contributed by atoms with Crippen LogP contribution in [0.25, 0.3) is 0 Å². The number of thiocarbonyl (C=S) groups is 1. The summed E-state index contributed by atoms with van der Waals surface area (Å²) in [5.74, 6) is 0. The van der Waals surface area contributed by atoms with E-state index >= 15 is 0 Å². The second-order valence-electron chi connectivity index (χ2n) is 3.79. The molecule has 1 aromatic rings. The molecule has 0 aromatic heterocycles. The highest BCUT2D eigenvalue weighted by Gasteiger charge is 1.97. The monoisotopic (exact) mass is 330 g/mol. The van der Waals surface area contributed by atoms with Crippen molar-refractivity contribution >= 4 is 33.3 Å². The van der Waals surface area contributed by atoms with Crippen LogP contribution < -0.4 is 10.6 Å². The molecule has 0 aliphatic rings. The normalized spacial score (nSPS) is 10.1. The van der Waals surface area contributed by atoms with Gasteiger partial charge in [-0.2, -0.15) is 0 Å². The van der Waals surface area contributed by atoms with Crippen LogP contribution >= 0.6 is 28.1 Å². The maximum atomic E-state index is 5.25. The zero-order valence-electron chi connectivity index (χ0n) is 10.5. The van der Waals surface area contributed by atoms with Gasteiger partial charge in [-0.15, -0.1) is 0 Å². The number of nitrogens with one attached hydrogen (secondary N) is 2. The van der Waals surface area contributed by atoms with Crippen LogP contribution in [-0.2, 0) is 11.3 Å². The van der Waals surface area contributed by atoms with Crippen LogP contribution in [0.2, 0.25) is 0 Å². The van der Waals surface area contributed by atoms with E-state index < -0.39 is 0 Å². The van der Waals surface area contributed by atoms with Crippen LogP contribution in [0.3, 0.4) is 0 Å². The van der Waals surface area contributed by atoms with Crippen molar-refractivity contribution in [2.45, 2.75) is 19.9 Å². The van der Waals surface area contributed by atoms with E-state index in [-0.39, 0.29) is 0 Å². The minimum absolute atomic E-state index is 0.687. The minimum Gasteiger partial charge on any atom is -0.382 e. The molecule has 0 bridgehead atoms. The van der Waals surface area contributed by atoms with Crippen molar-refractivity contribution in [1.29, 1.82) is 0 Å². The van der Waals surface area contributed by atoms with Crippen LogP contribution in [0, 0.1) is 0 Å². The topological polar surface area (TPSA) is 33.3 Å². The van der Waals surface area contributed by atoms with Crippen molar-refractivity contribution in [2.75, 3.05) is 19.8 Å². The smallest absolute Gasteiger partial charge is 0.166 e. The molecule has 0 radical (unpaired) electrons. The largest absolute Gasteiger partial charge is 0.382 e. The number of rotatable bonds is 7. The van der Waals surface area contributed by atoms with Gasteiger partial charge in [-0.25, -0.2) is 0 Å². The van der Waals surface area contributed by atoms with Crippen LogP contribution in [-0.4, -0.2) is 24.9 Å². The number of hydrogen-bond acceptors (Lipinski definition) is 2. The van der Waals surface area contributed by atoms with E-state index in [4.69, 9.17) is 17.0 Å². The maximum Gasteiger partial charge on any atom is 0.166 e. The third-order valence-electron chi connectivity index (χ3n) is 2.30. The first kappa shape index (κ1) is 15.4. The molecule has 0 saturated heterocycles. The van der Waals surface area contributed by atoms with Gasteiger partial charge in [0.05, 0.1) is 0 Å². The van der Waals surface area contributed by atoms with Crippen molar-refractivity contribution in [3.8, 4) is 0 Å². The molecule has 0 heterocycles. The van der Waals surface area contributed by atoms with Crippen LogP contribution in [0.15, 0.2) is 28.7 Å². The molecule has 1 aromatic carbocycles. The summed E-state index contributed by atoms with van der Waals surface area (Å²) in [6.07, 6.45) is 0.965. The predicted octanol–water partition coefficient (Wildman–Crippen LogP) is 2.84. The molecule has 18 heavy (non-hydrogen) atoms. The second-order valence-corrected chi connectivity index (χ2v) is 5.11. The molecule has 0 spiro atoms. The van der Waals surface area contributed by atoms with Gasteiger partial charge in [0, 0.05) is 30.8 Å². The quantitative estimate of drug-likeness (QED) is 0.595. The molecule has 1 rings (SSSR count). The van der Waals surface area contributed by atoms with Crippen molar-refractivity contribution in [2.24, 2.45) is 0 Å². The second kappa shape index (κ2) is 9.30. The Labute approximate surface area is 122 Å². The van der Waals surface area contributed by atoms with E-state index in [1.54, 1.807) is 0 Å². The Bertz CT molecular complexity index is 374. The van der Waals surface area contributed by atoms with Crippen LogP contribution in [0.4, 0.5) is 0 Å². The summed E-state index contributed by atoms with van der Waals surface area (Å²) >= 11 is 8.63. The molecule has 0 aliphatic heterocycles. The van der Waals surface area contributed by atoms with Crippen molar-refractivity contribution in [1.82, 2.24) is 10.6 Å². The summed E-state index contributed by atoms with van der Waals surface area (Å²) in [5, 5.41) is 7.02. The van der Waals surface area contributed by atoms with Gasteiger partial charge in [-0.1, -0.05) is 28.1 Å². The first-order chi connectivity index (χ1) is 8.72. The van der Waals surface area contributed by atoms with E-state index in [9.17, 15) is 0 Å². The molecule has 0 atom stereocenters. The van der Waals surface area contributed by atoms with Gasteiger partial charge in [0.2, 0.25) is 0 Å². The first-order valence-electron chi connectivity index (χ1n) is 6.06. The third kappa shape index (κ3) is 6.93. The highest BCUT2D eigenvalue weighted by Crippen LogP contribution is 2.11. The Morgan fingerprint density at radius 3 is 2.94 bits per heavy atom. The van der Waals surface area contributed by atoms with E-state index in [0.717, 1.165) is 37.2 Å². The van der Waals surface area contributed by atoms with Gasteiger partial charge in [0.1, 0.15) is 0 Å². The summed E-state index contributed by atoms with van der Waals surface area (Å²) in [7, 11) is 0. The molecule has 100 valence electrons. The van der Waals surface area contributed by atoms with Gasteiger partial charge in [0.25, 0.3) is 0 Å². The lowest BCUT2D eigenvalue weighted by Crippen LogP contribution is -2.35. The predicted molar refractivity (Wildman–Crippen MR) is 82.7 cm³/mol. The number of benzene rings is 1. The van der Waals surface area contributed by atoms with Crippen LogP contribution in [0.5, 0.6) is 0 Å². The molecule has 0 amide bonds. The van der Waals surface area contributed by atoms with Gasteiger partial charge in [0.15, 0.2) is 5.11 Å². The van der Waals surface area contributed by atoms with Crippen molar-refractivity contribution in [3.05, 3.63) is 34.3 Å². The fourth-order valence-corrected chi connectivity index (χ4v) is 2.03. The lowest BCUT2D eigenvalue weighted by atomic mass is 10.2. The van der Waals surface area contributed by atoms with Crippen molar-refractivity contribution < 1.29 is 4.74 Å². The molecule has 0 unspecified atom stereocenters. The highest BCUT2D eigenvalue weighted by atomic mass is 79.9. The van der Waals surface area contributed by atoms with E-state index in [1.807, 2.05) is 19.1 Å². The van der Waals surface area contributed by atoms with Gasteiger partial charge in [-0.05, 0) is 43.3 Å². The average Bonchev–Trinajstić information content (AvgIpc) is 2.36. The highest BCUT2D eigenvalue weighted by molar-refractivity contribution is 9.10. The standard InChI is InChI=1S/C13H19BrN2OS/c1-2-17-8-4-7-15-13(18)16-10-11-5-3-6-12(14)9-11/h3,5-6,9H,2,4,7-8,10H2,1H3,(H2,15,16,18). The molecule has 0 aliphatic carbocycles. The SMILES string of the molecule is CCOCCCNC(=S)NCc1cccc(Br)c1. The lowest BCUT2D eigenvalue weighted by molar-refractivity contribution is 0.145. The Kier molecular flexibility index (Phi) is 7.96. The molecule has 0 fully saturated rings. The average molecular weight is 331 g/mol. The summed E-state index contributed by atoms with van der Waals surface area (Å²) in [6.45, 7) is 5.11. The van der Waals surface area contributed by atoms with Crippen molar-refractivity contribution in [3.63, 3.8) is 0 Å². The van der Waals surface area contributed by atoms with Gasteiger partial charge < -0.3 is 15.4 Å². The Morgan fingerprint density at radius 2 is 2.22 bits per heavy atom. The molecule has 2 N–H and O–H groups in total. The lowest BCUT2D eigenvalue weighted by Gasteiger charge is -2.10. The summed E-state index contributed by atoms with van der Waals surface area (Å²) in [5.41, 5.74) is 1.20. The number of ether oxygens (including phenoxy) is 1. The van der Waals surface area contributed by atoms with Gasteiger partial charge in [-0.3, -0.25) is 0 Å². The minimum atomic E-state index is 0.687. The molecular weight excluding hydrogens is 312 g/mol. The summed E-state index contributed by atoms with van der Waals surface area (Å²) in [4.78, 5) is 0. The Morgan fingerprint density at radius 1 is 1.39 bits per heavy atom. The van der Waals surface area contributed by atoms with Crippen LogP contribution in [0.1, 0.15) is 18.9 Å². The van der Waals surface area contributed by atoms with E-state index in [2.05, 4.69) is 38.7 Å². The van der Waals surface area contributed by atoms with E-state index in [1.165, 1.54) is 5.56 Å². The Hall–Kier alpha value is -0.650. The third-order valence-corrected chi connectivity index (χ3v) is 3.08. The van der Waals surface area contributed by atoms with Gasteiger partial charge >= 0.3 is 0 Å². The fourth-order valence-electron chi connectivity index (χ4n) is 1.41. The Balaban J connectivity index is 2.13.